The van der Waals surface area contributed by atoms with Crippen LogP contribution in [0.1, 0.15) is 89.9 Å². The molecule has 0 N–H and O–H groups in total. The minimum Gasteiger partial charge on any atom is -0.0885 e. The molecule has 0 atom stereocenters. The highest BCUT2D eigenvalue weighted by Crippen LogP contribution is 2.11. The fourth-order valence-corrected chi connectivity index (χ4v) is 2.58. The SMILES string of the molecule is C1=CCCCCCCC/C=C/CCCCCCC1. The predicted molar refractivity (Wildman–Crippen MR) is 82.9 cm³/mol. The van der Waals surface area contributed by atoms with Gasteiger partial charge in [0.1, 0.15) is 0 Å². The third-order valence-corrected chi connectivity index (χ3v) is 3.82. The van der Waals surface area contributed by atoms with Crippen LogP contribution in [0.15, 0.2) is 24.3 Å². The van der Waals surface area contributed by atoms with Crippen LogP contribution in [-0.4, -0.2) is 0 Å². The minimum atomic E-state index is 1.31. The lowest BCUT2D eigenvalue weighted by Gasteiger charge is -2.00. The van der Waals surface area contributed by atoms with Gasteiger partial charge < -0.3 is 0 Å². The molecular formula is C18H32. The maximum absolute atomic E-state index is 2.41. The summed E-state index contributed by atoms with van der Waals surface area (Å²) in [5.41, 5.74) is 0. The first kappa shape index (κ1) is 15.5. The predicted octanol–water partition coefficient (Wildman–Crippen LogP) is 6.57. The van der Waals surface area contributed by atoms with Crippen molar-refractivity contribution in [3.63, 3.8) is 0 Å². The van der Waals surface area contributed by atoms with E-state index < -0.39 is 0 Å². The molecule has 0 spiro atoms. The Morgan fingerprint density at radius 2 is 0.500 bits per heavy atom. The van der Waals surface area contributed by atoms with Gasteiger partial charge in [-0.05, 0) is 51.4 Å². The molecule has 0 aromatic carbocycles. The number of rotatable bonds is 0. The molecule has 0 aromatic heterocycles. The van der Waals surface area contributed by atoms with Crippen molar-refractivity contribution in [1.29, 1.82) is 0 Å². The molecule has 0 amide bonds. The summed E-state index contributed by atoms with van der Waals surface area (Å²) in [6.07, 6.45) is 29.0. The molecule has 1 aliphatic rings. The molecule has 1 aliphatic carbocycles. The third-order valence-electron chi connectivity index (χ3n) is 3.82. The molecular weight excluding hydrogens is 216 g/mol. The van der Waals surface area contributed by atoms with Crippen LogP contribution in [0.2, 0.25) is 0 Å². The van der Waals surface area contributed by atoms with Crippen LogP contribution < -0.4 is 0 Å². The van der Waals surface area contributed by atoms with Crippen LogP contribution in [0.4, 0.5) is 0 Å². The van der Waals surface area contributed by atoms with E-state index in [4.69, 9.17) is 0 Å². The second-order valence-corrected chi connectivity index (χ2v) is 5.63. The summed E-state index contributed by atoms with van der Waals surface area (Å²) >= 11 is 0. The lowest BCUT2D eigenvalue weighted by Crippen LogP contribution is -1.80. The van der Waals surface area contributed by atoms with Crippen LogP contribution in [0.5, 0.6) is 0 Å². The normalized spacial score (nSPS) is 24.0. The topological polar surface area (TPSA) is 0 Å². The lowest BCUT2D eigenvalue weighted by atomic mass is 10.1. The van der Waals surface area contributed by atoms with Crippen molar-refractivity contribution in [3.8, 4) is 0 Å². The van der Waals surface area contributed by atoms with E-state index in [1.165, 1.54) is 89.9 Å². The van der Waals surface area contributed by atoms with Gasteiger partial charge in [-0.15, -0.1) is 0 Å². The summed E-state index contributed by atoms with van der Waals surface area (Å²) in [6, 6.07) is 0. The zero-order valence-electron chi connectivity index (χ0n) is 12.2. The summed E-state index contributed by atoms with van der Waals surface area (Å²) in [4.78, 5) is 0. The van der Waals surface area contributed by atoms with Crippen molar-refractivity contribution < 1.29 is 0 Å². The Balaban J connectivity index is 2.12. The van der Waals surface area contributed by atoms with Crippen molar-refractivity contribution in [1.82, 2.24) is 0 Å². The van der Waals surface area contributed by atoms with Gasteiger partial charge in [0.25, 0.3) is 0 Å². The first-order valence-corrected chi connectivity index (χ1v) is 8.30. The molecule has 0 heteroatoms. The molecule has 1 rings (SSSR count). The highest BCUT2D eigenvalue weighted by molar-refractivity contribution is 4.82. The summed E-state index contributed by atoms with van der Waals surface area (Å²) in [5, 5.41) is 0. The van der Waals surface area contributed by atoms with Crippen molar-refractivity contribution >= 4 is 0 Å². The van der Waals surface area contributed by atoms with E-state index in [2.05, 4.69) is 24.3 Å². The second-order valence-electron chi connectivity index (χ2n) is 5.63. The van der Waals surface area contributed by atoms with E-state index in [-0.39, 0.29) is 0 Å². The average Bonchev–Trinajstić information content (AvgIpc) is 2.39. The maximum Gasteiger partial charge on any atom is -0.0351 e. The Morgan fingerprint density at radius 1 is 0.278 bits per heavy atom. The third kappa shape index (κ3) is 10.6. The Kier molecular flexibility index (Phi) is 11.2. The zero-order valence-corrected chi connectivity index (χ0v) is 12.2. The van der Waals surface area contributed by atoms with Gasteiger partial charge in [-0.25, -0.2) is 0 Å². The van der Waals surface area contributed by atoms with Crippen LogP contribution in [0, 0.1) is 0 Å². The van der Waals surface area contributed by atoms with Gasteiger partial charge in [0, 0.05) is 0 Å². The van der Waals surface area contributed by atoms with Crippen LogP contribution >= 0.6 is 0 Å². The molecule has 0 unspecified atom stereocenters. The van der Waals surface area contributed by atoms with Gasteiger partial charge in [-0.1, -0.05) is 62.8 Å². The molecule has 0 bridgehead atoms. The molecule has 104 valence electrons. The van der Waals surface area contributed by atoms with Gasteiger partial charge >= 0.3 is 0 Å². The quantitative estimate of drug-likeness (QED) is 0.425. The van der Waals surface area contributed by atoms with Crippen LogP contribution in [0.3, 0.4) is 0 Å². The number of allylic oxidation sites excluding steroid dienone is 4. The molecule has 0 saturated heterocycles. The van der Waals surface area contributed by atoms with Gasteiger partial charge in [0.2, 0.25) is 0 Å². The Hall–Kier alpha value is -0.520. The van der Waals surface area contributed by atoms with Gasteiger partial charge in [0.05, 0.1) is 0 Å². The van der Waals surface area contributed by atoms with Gasteiger partial charge in [-0.2, -0.15) is 0 Å². The maximum atomic E-state index is 2.41. The van der Waals surface area contributed by atoms with Gasteiger partial charge in [0.15, 0.2) is 0 Å². The van der Waals surface area contributed by atoms with Crippen LogP contribution in [0.25, 0.3) is 0 Å². The first-order chi connectivity index (χ1) is 9.00. The lowest BCUT2D eigenvalue weighted by molar-refractivity contribution is 0.611. The van der Waals surface area contributed by atoms with E-state index in [1.54, 1.807) is 0 Å². The largest absolute Gasteiger partial charge is 0.0885 e. The number of hydrogen-bond acceptors (Lipinski definition) is 0. The Bertz CT molecular complexity index is 168. The minimum absolute atomic E-state index is 1.31. The molecule has 0 saturated carbocycles. The van der Waals surface area contributed by atoms with Crippen molar-refractivity contribution in [2.75, 3.05) is 0 Å². The molecule has 18 heavy (non-hydrogen) atoms. The van der Waals surface area contributed by atoms with Crippen molar-refractivity contribution in [2.24, 2.45) is 0 Å². The standard InChI is InChI=1S/C18H32/c1-2-4-6-8-10-12-14-16-18-17-15-13-11-9-7-5-3-1/h1-2,17-18H,3-16H2/b2-1+,18-17?. The zero-order chi connectivity index (χ0) is 12.7. The van der Waals surface area contributed by atoms with Crippen molar-refractivity contribution in [3.05, 3.63) is 24.3 Å². The van der Waals surface area contributed by atoms with E-state index in [1.807, 2.05) is 0 Å². The number of hydrogen-bond donors (Lipinski definition) is 0. The molecule has 0 nitrogen and oxygen atoms in total. The summed E-state index contributed by atoms with van der Waals surface area (Å²) in [7, 11) is 0. The Labute approximate surface area is 115 Å². The summed E-state index contributed by atoms with van der Waals surface area (Å²) < 4.78 is 0. The summed E-state index contributed by atoms with van der Waals surface area (Å²) in [5.74, 6) is 0. The van der Waals surface area contributed by atoms with E-state index in [0.717, 1.165) is 0 Å². The summed E-state index contributed by atoms with van der Waals surface area (Å²) in [6.45, 7) is 0. The molecule has 0 heterocycles. The monoisotopic (exact) mass is 248 g/mol. The highest BCUT2D eigenvalue weighted by atomic mass is 14.0. The van der Waals surface area contributed by atoms with E-state index in [9.17, 15) is 0 Å². The van der Waals surface area contributed by atoms with E-state index >= 15 is 0 Å². The van der Waals surface area contributed by atoms with Crippen molar-refractivity contribution in [2.45, 2.75) is 89.9 Å². The van der Waals surface area contributed by atoms with E-state index in [0.29, 0.717) is 0 Å². The smallest absolute Gasteiger partial charge is 0.0351 e. The Morgan fingerprint density at radius 3 is 0.778 bits per heavy atom. The molecule has 0 fully saturated rings. The highest BCUT2D eigenvalue weighted by Gasteiger charge is 1.91. The molecule has 0 radical (unpaired) electrons. The fourth-order valence-electron chi connectivity index (χ4n) is 2.58. The van der Waals surface area contributed by atoms with Gasteiger partial charge in [-0.3, -0.25) is 0 Å². The first-order valence-electron chi connectivity index (χ1n) is 8.30. The molecule has 0 aliphatic heterocycles. The second kappa shape index (κ2) is 12.9. The average molecular weight is 248 g/mol. The molecule has 0 aromatic rings. The fraction of sp³-hybridized carbons (Fsp3) is 0.778. The van der Waals surface area contributed by atoms with Crippen LogP contribution in [-0.2, 0) is 0 Å².